The molecule has 2 aliphatic rings. The van der Waals surface area contributed by atoms with Gasteiger partial charge in [-0.15, -0.1) is 0 Å². The maximum absolute atomic E-state index is 12.1. The lowest BCUT2D eigenvalue weighted by Crippen LogP contribution is -2.51. The molecule has 1 fully saturated rings. The zero-order chi connectivity index (χ0) is 22.0. The van der Waals surface area contributed by atoms with Crippen LogP contribution in [0.5, 0.6) is 5.75 Å². The molecule has 4 rings (SSSR count). The van der Waals surface area contributed by atoms with Crippen molar-refractivity contribution in [2.45, 2.75) is 39.0 Å². The molecule has 2 amide bonds. The van der Waals surface area contributed by atoms with Gasteiger partial charge < -0.3 is 20.3 Å². The van der Waals surface area contributed by atoms with Crippen molar-refractivity contribution in [1.29, 1.82) is 0 Å². The number of rotatable bonds is 5. The molecule has 2 aromatic rings. The molecule has 1 unspecified atom stereocenters. The Kier molecular flexibility index (Phi) is 6.08. The van der Waals surface area contributed by atoms with Crippen LogP contribution < -0.4 is 20.3 Å². The predicted molar refractivity (Wildman–Crippen MR) is 119 cm³/mol. The van der Waals surface area contributed by atoms with E-state index in [1.165, 1.54) is 0 Å². The van der Waals surface area contributed by atoms with Crippen molar-refractivity contribution >= 4 is 23.2 Å². The van der Waals surface area contributed by atoms with E-state index >= 15 is 0 Å². The Labute approximate surface area is 182 Å². The quantitative estimate of drug-likeness (QED) is 0.767. The Balaban J connectivity index is 1.38. The lowest BCUT2D eigenvalue weighted by Gasteiger charge is -2.41. The third kappa shape index (κ3) is 4.49. The predicted octanol–water partition coefficient (Wildman–Crippen LogP) is 2.26. The van der Waals surface area contributed by atoms with Crippen molar-refractivity contribution in [3.05, 3.63) is 47.8 Å². The van der Waals surface area contributed by atoms with Gasteiger partial charge in [0, 0.05) is 39.3 Å². The molecule has 1 saturated heterocycles. The number of nitrogens with zero attached hydrogens (tertiary/aromatic N) is 3. The van der Waals surface area contributed by atoms with Gasteiger partial charge in [0.2, 0.25) is 0 Å². The van der Waals surface area contributed by atoms with Gasteiger partial charge in [0.25, 0.3) is 11.8 Å². The minimum absolute atomic E-state index is 0.0783. The van der Waals surface area contributed by atoms with E-state index in [0.29, 0.717) is 18.2 Å². The summed E-state index contributed by atoms with van der Waals surface area (Å²) in [5.41, 5.74) is 3.35. The van der Waals surface area contributed by atoms with Crippen LogP contribution in [0.15, 0.2) is 36.5 Å². The van der Waals surface area contributed by atoms with Crippen molar-refractivity contribution in [2.24, 2.45) is 0 Å². The minimum Gasteiger partial charge on any atom is -0.478 e. The van der Waals surface area contributed by atoms with Gasteiger partial charge in [-0.1, -0.05) is 13.0 Å². The lowest BCUT2D eigenvalue weighted by molar-refractivity contribution is -0.123. The SMILES string of the molecule is CC[C@H]1Oc2ccc(CN3CCN(c4ccc(C(=O)NC)nc4)C(C)C3)cc2NC1=O. The molecule has 8 heteroatoms. The average molecular weight is 424 g/mol. The molecule has 0 radical (unpaired) electrons. The van der Waals surface area contributed by atoms with Crippen LogP contribution >= 0.6 is 0 Å². The zero-order valence-electron chi connectivity index (χ0n) is 18.2. The molecule has 3 heterocycles. The van der Waals surface area contributed by atoms with Crippen molar-refractivity contribution in [1.82, 2.24) is 15.2 Å². The van der Waals surface area contributed by atoms with Gasteiger partial charge in [-0.25, -0.2) is 4.98 Å². The molecular weight excluding hydrogens is 394 g/mol. The highest BCUT2D eigenvalue weighted by Gasteiger charge is 2.27. The molecule has 31 heavy (non-hydrogen) atoms. The second kappa shape index (κ2) is 8.93. The number of aromatic nitrogens is 1. The number of carbonyl (C=O) groups excluding carboxylic acids is 2. The number of pyridine rings is 1. The van der Waals surface area contributed by atoms with Gasteiger partial charge in [0.15, 0.2) is 6.10 Å². The van der Waals surface area contributed by atoms with E-state index in [0.717, 1.165) is 48.9 Å². The summed E-state index contributed by atoms with van der Waals surface area (Å²) in [6.07, 6.45) is 2.01. The fourth-order valence-electron chi connectivity index (χ4n) is 4.20. The fraction of sp³-hybridized carbons (Fsp3) is 0.435. The Morgan fingerprint density at radius 2 is 2.13 bits per heavy atom. The number of benzene rings is 1. The highest BCUT2D eigenvalue weighted by Crippen LogP contribution is 2.32. The summed E-state index contributed by atoms with van der Waals surface area (Å²) in [5.74, 6) is 0.479. The molecular formula is C23H29N5O3. The minimum atomic E-state index is -0.410. The summed E-state index contributed by atoms with van der Waals surface area (Å²) in [5, 5.41) is 5.56. The lowest BCUT2D eigenvalue weighted by atomic mass is 10.1. The van der Waals surface area contributed by atoms with Gasteiger partial charge in [-0.05, 0) is 43.2 Å². The van der Waals surface area contributed by atoms with E-state index in [4.69, 9.17) is 4.74 Å². The van der Waals surface area contributed by atoms with Crippen LogP contribution in [0.1, 0.15) is 36.3 Å². The average Bonchev–Trinajstić information content (AvgIpc) is 2.78. The molecule has 2 N–H and O–H groups in total. The maximum atomic E-state index is 12.1. The number of nitrogens with one attached hydrogen (secondary N) is 2. The van der Waals surface area contributed by atoms with Crippen LogP contribution in [0, 0.1) is 0 Å². The summed E-state index contributed by atoms with van der Waals surface area (Å²) in [7, 11) is 1.60. The van der Waals surface area contributed by atoms with E-state index in [-0.39, 0.29) is 11.8 Å². The van der Waals surface area contributed by atoms with Gasteiger partial charge in [-0.3, -0.25) is 14.5 Å². The van der Waals surface area contributed by atoms with E-state index in [2.05, 4.69) is 38.4 Å². The van der Waals surface area contributed by atoms with Crippen LogP contribution in [0.4, 0.5) is 11.4 Å². The highest BCUT2D eigenvalue weighted by molar-refractivity contribution is 5.97. The first-order valence-corrected chi connectivity index (χ1v) is 10.8. The number of hydrogen-bond donors (Lipinski definition) is 2. The first-order chi connectivity index (χ1) is 15.0. The van der Waals surface area contributed by atoms with Crippen molar-refractivity contribution in [3.8, 4) is 5.75 Å². The second-order valence-corrected chi connectivity index (χ2v) is 8.09. The van der Waals surface area contributed by atoms with Gasteiger partial charge in [-0.2, -0.15) is 0 Å². The van der Waals surface area contributed by atoms with Gasteiger partial charge in [0.1, 0.15) is 11.4 Å². The highest BCUT2D eigenvalue weighted by atomic mass is 16.5. The Morgan fingerprint density at radius 3 is 2.81 bits per heavy atom. The Hall–Kier alpha value is -3.13. The third-order valence-electron chi connectivity index (χ3n) is 5.89. The molecule has 1 aromatic carbocycles. The normalized spacial score (nSPS) is 21.1. The molecule has 0 aliphatic carbocycles. The van der Waals surface area contributed by atoms with Crippen molar-refractivity contribution in [2.75, 3.05) is 36.9 Å². The van der Waals surface area contributed by atoms with Gasteiger partial charge in [0.05, 0.1) is 17.6 Å². The topological polar surface area (TPSA) is 86.8 Å². The second-order valence-electron chi connectivity index (χ2n) is 8.09. The molecule has 164 valence electrons. The summed E-state index contributed by atoms with van der Waals surface area (Å²) in [6.45, 7) is 7.66. The molecule has 0 spiro atoms. The molecule has 2 atom stereocenters. The first-order valence-electron chi connectivity index (χ1n) is 10.8. The maximum Gasteiger partial charge on any atom is 0.269 e. The fourth-order valence-corrected chi connectivity index (χ4v) is 4.20. The molecule has 8 nitrogen and oxygen atoms in total. The largest absolute Gasteiger partial charge is 0.478 e. The number of piperazine rings is 1. The summed E-state index contributed by atoms with van der Waals surface area (Å²) >= 11 is 0. The zero-order valence-corrected chi connectivity index (χ0v) is 18.2. The third-order valence-corrected chi connectivity index (χ3v) is 5.89. The molecule has 0 bridgehead atoms. The number of hydrogen-bond acceptors (Lipinski definition) is 6. The van der Waals surface area contributed by atoms with Crippen molar-refractivity contribution in [3.63, 3.8) is 0 Å². The standard InChI is InChI=1S/C23H29N5O3/c1-4-20-23(30)26-19-11-16(5-8-21(19)31-20)14-27-9-10-28(15(2)13-27)17-6-7-18(25-12-17)22(29)24-3/h5-8,11-12,15,20H,4,9-10,13-14H2,1-3H3,(H,24,29)(H,26,30)/t15?,20-/m1/s1. The number of amides is 2. The van der Waals surface area contributed by atoms with Crippen LogP contribution in [0.3, 0.4) is 0 Å². The van der Waals surface area contributed by atoms with Crippen LogP contribution in [0.25, 0.3) is 0 Å². The smallest absolute Gasteiger partial charge is 0.269 e. The summed E-state index contributed by atoms with van der Waals surface area (Å²) < 4.78 is 5.79. The molecule has 1 aromatic heterocycles. The van der Waals surface area contributed by atoms with Gasteiger partial charge >= 0.3 is 0 Å². The van der Waals surface area contributed by atoms with Crippen LogP contribution in [-0.4, -0.2) is 60.5 Å². The van der Waals surface area contributed by atoms with Crippen LogP contribution in [0.2, 0.25) is 0 Å². The van der Waals surface area contributed by atoms with E-state index in [1.54, 1.807) is 19.3 Å². The molecule has 0 saturated carbocycles. The number of fused-ring (bicyclic) bond motifs is 1. The Morgan fingerprint density at radius 1 is 1.29 bits per heavy atom. The monoisotopic (exact) mass is 423 g/mol. The van der Waals surface area contributed by atoms with Crippen LogP contribution in [-0.2, 0) is 11.3 Å². The summed E-state index contributed by atoms with van der Waals surface area (Å²) in [4.78, 5) is 32.8. The number of ether oxygens (including phenoxy) is 1. The molecule has 2 aliphatic heterocycles. The van der Waals surface area contributed by atoms with E-state index < -0.39 is 6.10 Å². The van der Waals surface area contributed by atoms with E-state index in [9.17, 15) is 9.59 Å². The van der Waals surface area contributed by atoms with E-state index in [1.807, 2.05) is 25.1 Å². The first kappa shape index (κ1) is 21.1. The number of anilines is 2. The summed E-state index contributed by atoms with van der Waals surface area (Å²) in [6, 6.07) is 10.1. The number of carbonyl (C=O) groups is 2. The van der Waals surface area contributed by atoms with Crippen molar-refractivity contribution < 1.29 is 14.3 Å². The Bertz CT molecular complexity index is 962.